The zero-order chi connectivity index (χ0) is 31.7. The first-order chi connectivity index (χ1) is 20.8. The Bertz CT molecular complexity index is 691. The quantitative estimate of drug-likeness (QED) is 0.0556. The fourth-order valence-corrected chi connectivity index (χ4v) is 5.45. The lowest BCUT2D eigenvalue weighted by molar-refractivity contribution is -0.302. The van der Waals surface area contributed by atoms with Gasteiger partial charge in [0.2, 0.25) is 5.91 Å². The van der Waals surface area contributed by atoms with Crippen molar-refractivity contribution >= 4 is 5.91 Å². The zero-order valence-electron chi connectivity index (χ0n) is 27.2. The zero-order valence-corrected chi connectivity index (χ0v) is 27.2. The summed E-state index contributed by atoms with van der Waals surface area (Å²) in [4.78, 5) is 12.7. The van der Waals surface area contributed by atoms with Gasteiger partial charge in [-0.2, -0.15) is 0 Å². The van der Waals surface area contributed by atoms with Gasteiger partial charge in [-0.05, 0) is 38.5 Å². The Morgan fingerprint density at radius 1 is 0.767 bits per heavy atom. The highest BCUT2D eigenvalue weighted by atomic mass is 16.7. The summed E-state index contributed by atoms with van der Waals surface area (Å²) in [6, 6.07) is -0.725. The van der Waals surface area contributed by atoms with Crippen molar-refractivity contribution in [1.82, 2.24) is 5.32 Å². The minimum Gasteiger partial charge on any atom is -0.394 e. The first kappa shape index (κ1) is 40.0. The number of hydrogen-bond acceptors (Lipinski definition) is 8. The number of ether oxygens (including phenoxy) is 2. The summed E-state index contributed by atoms with van der Waals surface area (Å²) in [5, 5.41) is 53.7. The van der Waals surface area contributed by atoms with Crippen LogP contribution in [-0.2, 0) is 14.3 Å². The second-order valence-corrected chi connectivity index (χ2v) is 12.3. The molecule has 1 aliphatic rings. The fraction of sp³-hybridized carbons (Fsp3) is 0.912. The molecule has 0 bridgehead atoms. The van der Waals surface area contributed by atoms with Crippen LogP contribution in [0, 0.1) is 0 Å². The van der Waals surface area contributed by atoms with Crippen molar-refractivity contribution in [3.63, 3.8) is 0 Å². The van der Waals surface area contributed by atoms with Crippen LogP contribution in [0.1, 0.15) is 142 Å². The smallest absolute Gasteiger partial charge is 0.220 e. The molecule has 0 aromatic rings. The maximum absolute atomic E-state index is 12.7. The Morgan fingerprint density at radius 3 is 1.88 bits per heavy atom. The largest absolute Gasteiger partial charge is 0.394 e. The van der Waals surface area contributed by atoms with E-state index in [1.54, 1.807) is 0 Å². The molecule has 1 rings (SSSR count). The lowest BCUT2D eigenvalue weighted by Crippen LogP contribution is -2.60. The van der Waals surface area contributed by atoms with Gasteiger partial charge < -0.3 is 40.3 Å². The molecule has 1 amide bonds. The van der Waals surface area contributed by atoms with Gasteiger partial charge in [-0.1, -0.05) is 109 Å². The topological polar surface area (TPSA) is 149 Å². The molecule has 0 radical (unpaired) electrons. The number of unbranched alkanes of at least 4 members (excludes halogenated alkanes) is 15. The minimum absolute atomic E-state index is 0.148. The lowest BCUT2D eigenvalue weighted by Gasteiger charge is -2.40. The molecule has 43 heavy (non-hydrogen) atoms. The Balaban J connectivity index is 2.48. The summed E-state index contributed by atoms with van der Waals surface area (Å²) in [6.45, 7) is 3.72. The van der Waals surface area contributed by atoms with Crippen LogP contribution in [0.25, 0.3) is 0 Å². The summed E-state index contributed by atoms with van der Waals surface area (Å²) in [5.74, 6) is -0.164. The maximum atomic E-state index is 12.7. The first-order valence-corrected chi connectivity index (χ1v) is 17.4. The Kier molecular flexibility index (Phi) is 24.3. The second kappa shape index (κ2) is 26.2. The standard InChI is InChI=1S/C34H65NO8/c1-3-5-7-9-11-12-13-14-15-16-18-19-21-23-28(37)27(35-30(38)24-22-20-17-10-8-6-4-2)26-42-34-33(41)32(40)31(39)29(25-36)43-34/h15-16,27-29,31-34,36-37,39-41H,3-14,17-26H2,1-2H3,(H,35,38)/b16-15+/t27-,28+,29+,31+,32?,33?,34+/m0/s1. The number of aliphatic hydroxyl groups is 5. The lowest BCUT2D eigenvalue weighted by atomic mass is 9.99. The van der Waals surface area contributed by atoms with Crippen molar-refractivity contribution in [2.24, 2.45) is 0 Å². The van der Waals surface area contributed by atoms with Crippen LogP contribution in [-0.4, -0.2) is 87.5 Å². The fourth-order valence-electron chi connectivity index (χ4n) is 5.45. The molecule has 1 aliphatic heterocycles. The third-order valence-electron chi connectivity index (χ3n) is 8.37. The van der Waals surface area contributed by atoms with Crippen LogP contribution in [0.5, 0.6) is 0 Å². The minimum atomic E-state index is -1.55. The van der Waals surface area contributed by atoms with Crippen LogP contribution in [0.15, 0.2) is 12.2 Å². The molecule has 9 nitrogen and oxygen atoms in total. The Hall–Kier alpha value is -1.07. The molecule has 1 saturated heterocycles. The summed E-state index contributed by atoms with van der Waals surface area (Å²) in [6.07, 6.45) is 18.1. The number of carbonyl (C=O) groups excluding carboxylic acids is 1. The maximum Gasteiger partial charge on any atom is 0.220 e. The number of rotatable bonds is 27. The molecule has 0 aliphatic carbocycles. The van der Waals surface area contributed by atoms with Gasteiger partial charge in [-0.15, -0.1) is 0 Å². The molecule has 0 aromatic carbocycles. The number of hydrogen-bond donors (Lipinski definition) is 6. The molecular weight excluding hydrogens is 550 g/mol. The summed E-state index contributed by atoms with van der Waals surface area (Å²) >= 11 is 0. The number of nitrogens with one attached hydrogen (secondary N) is 1. The van der Waals surface area contributed by atoms with E-state index in [0.29, 0.717) is 12.8 Å². The van der Waals surface area contributed by atoms with Gasteiger partial charge in [0, 0.05) is 6.42 Å². The van der Waals surface area contributed by atoms with Crippen molar-refractivity contribution in [2.45, 2.75) is 185 Å². The third-order valence-corrected chi connectivity index (χ3v) is 8.37. The van der Waals surface area contributed by atoms with E-state index in [0.717, 1.165) is 44.9 Å². The van der Waals surface area contributed by atoms with Gasteiger partial charge in [0.05, 0.1) is 25.4 Å². The van der Waals surface area contributed by atoms with Crippen LogP contribution in [0.3, 0.4) is 0 Å². The number of allylic oxidation sites excluding steroid dienone is 2. The van der Waals surface area contributed by atoms with Gasteiger partial charge in [-0.25, -0.2) is 0 Å². The van der Waals surface area contributed by atoms with Crippen LogP contribution in [0.2, 0.25) is 0 Å². The van der Waals surface area contributed by atoms with Crippen LogP contribution >= 0.6 is 0 Å². The summed E-state index contributed by atoms with van der Waals surface area (Å²) in [5.41, 5.74) is 0. The Morgan fingerprint density at radius 2 is 1.30 bits per heavy atom. The molecule has 0 spiro atoms. The van der Waals surface area contributed by atoms with E-state index in [-0.39, 0.29) is 12.5 Å². The monoisotopic (exact) mass is 615 g/mol. The third kappa shape index (κ3) is 18.5. The SMILES string of the molecule is CCCCCCCCC/C=C/CCCC[C@@H](O)[C@H](CO[C@@H]1O[C@H](CO)[C@@H](O)C(O)C1O)NC(=O)CCCCCCCCC. The van der Waals surface area contributed by atoms with E-state index in [1.165, 1.54) is 70.6 Å². The van der Waals surface area contributed by atoms with Gasteiger partial charge in [0.15, 0.2) is 6.29 Å². The average molecular weight is 616 g/mol. The van der Waals surface area contributed by atoms with Gasteiger partial charge >= 0.3 is 0 Å². The molecule has 1 heterocycles. The van der Waals surface area contributed by atoms with Crippen molar-refractivity contribution in [1.29, 1.82) is 0 Å². The van der Waals surface area contributed by atoms with Crippen LogP contribution < -0.4 is 5.32 Å². The highest BCUT2D eigenvalue weighted by Crippen LogP contribution is 2.22. The number of carbonyl (C=O) groups is 1. The molecule has 9 heteroatoms. The van der Waals surface area contributed by atoms with E-state index < -0.39 is 49.5 Å². The predicted octanol–water partition coefficient (Wildman–Crippen LogP) is 5.05. The van der Waals surface area contributed by atoms with Crippen molar-refractivity contribution in [2.75, 3.05) is 13.2 Å². The molecular formula is C34H65NO8. The van der Waals surface area contributed by atoms with E-state index in [1.807, 2.05) is 0 Å². The highest BCUT2D eigenvalue weighted by molar-refractivity contribution is 5.76. The predicted molar refractivity (Wildman–Crippen MR) is 170 cm³/mol. The second-order valence-electron chi connectivity index (χ2n) is 12.3. The normalized spacial score (nSPS) is 23.9. The van der Waals surface area contributed by atoms with Gasteiger partial charge in [-0.3, -0.25) is 4.79 Å². The molecule has 0 saturated carbocycles. The number of amides is 1. The van der Waals surface area contributed by atoms with E-state index in [4.69, 9.17) is 9.47 Å². The molecule has 7 atom stereocenters. The average Bonchev–Trinajstić information content (AvgIpc) is 3.00. The highest BCUT2D eigenvalue weighted by Gasteiger charge is 2.44. The van der Waals surface area contributed by atoms with Crippen molar-refractivity contribution < 1.29 is 39.8 Å². The van der Waals surface area contributed by atoms with Crippen LogP contribution in [0.4, 0.5) is 0 Å². The number of aliphatic hydroxyl groups excluding tert-OH is 5. The molecule has 6 N–H and O–H groups in total. The van der Waals surface area contributed by atoms with E-state index in [9.17, 15) is 30.3 Å². The molecule has 1 fully saturated rings. The van der Waals surface area contributed by atoms with Crippen molar-refractivity contribution in [3.05, 3.63) is 12.2 Å². The van der Waals surface area contributed by atoms with Gasteiger partial charge in [0.1, 0.15) is 24.4 Å². The van der Waals surface area contributed by atoms with Gasteiger partial charge in [0.25, 0.3) is 0 Å². The summed E-state index contributed by atoms with van der Waals surface area (Å²) < 4.78 is 11.1. The molecule has 0 aromatic heterocycles. The summed E-state index contributed by atoms with van der Waals surface area (Å²) in [7, 11) is 0. The van der Waals surface area contributed by atoms with E-state index in [2.05, 4.69) is 31.3 Å². The van der Waals surface area contributed by atoms with Crippen molar-refractivity contribution in [3.8, 4) is 0 Å². The van der Waals surface area contributed by atoms with E-state index >= 15 is 0 Å². The Labute approximate surface area is 261 Å². The molecule has 2 unspecified atom stereocenters. The first-order valence-electron chi connectivity index (χ1n) is 17.4. The molecule has 254 valence electrons.